The smallest absolute Gasteiger partial charge is 0.0636 e. The van der Waals surface area contributed by atoms with Crippen LogP contribution in [0.25, 0.3) is 0 Å². The Hall–Kier alpha value is -0.320. The van der Waals surface area contributed by atoms with Gasteiger partial charge in [-0.25, -0.2) is 0 Å². The number of hydrogen-bond acceptors (Lipinski definition) is 1. The molecule has 0 saturated heterocycles. The molecule has 0 aliphatic carbocycles. The molecule has 2 rings (SSSR count). The van der Waals surface area contributed by atoms with Crippen molar-refractivity contribution in [2.75, 3.05) is 0 Å². The molecule has 1 aromatic carbocycles. The van der Waals surface area contributed by atoms with E-state index < -0.39 is 0 Å². The van der Waals surface area contributed by atoms with E-state index in [4.69, 9.17) is 23.2 Å². The topological polar surface area (TPSA) is 12.9 Å². The van der Waals surface area contributed by atoms with Crippen molar-refractivity contribution in [2.45, 2.75) is 11.8 Å². The first-order valence-corrected chi connectivity index (χ1v) is 7.04. The van der Waals surface area contributed by atoms with Gasteiger partial charge >= 0.3 is 0 Å². The minimum absolute atomic E-state index is 0.0667. The molecule has 1 atom stereocenters. The quantitative estimate of drug-likeness (QED) is 0.549. The SMILES string of the molecule is Clc1ccc(I)c(C(Cl)Cc2ccncc2)c1. The fourth-order valence-corrected chi connectivity index (χ4v) is 3.03. The molecule has 0 fully saturated rings. The highest BCUT2D eigenvalue weighted by Crippen LogP contribution is 2.30. The van der Waals surface area contributed by atoms with E-state index in [2.05, 4.69) is 27.6 Å². The molecule has 0 radical (unpaired) electrons. The molecule has 0 N–H and O–H groups in total. The third-order valence-corrected chi connectivity index (χ3v) is 4.07. The van der Waals surface area contributed by atoms with Crippen molar-refractivity contribution in [3.05, 3.63) is 62.4 Å². The van der Waals surface area contributed by atoms with Crippen LogP contribution < -0.4 is 0 Å². The maximum atomic E-state index is 6.43. The fraction of sp³-hybridized carbons (Fsp3) is 0.154. The van der Waals surface area contributed by atoms with Crippen molar-refractivity contribution in [1.82, 2.24) is 4.98 Å². The molecule has 1 unspecified atom stereocenters. The number of alkyl halides is 1. The first-order chi connectivity index (χ1) is 8.16. The second-order valence-corrected chi connectivity index (χ2v) is 5.82. The van der Waals surface area contributed by atoms with Crippen LogP contribution in [0.15, 0.2) is 42.7 Å². The zero-order chi connectivity index (χ0) is 12.3. The molecule has 0 saturated carbocycles. The highest BCUT2D eigenvalue weighted by molar-refractivity contribution is 14.1. The molecule has 17 heavy (non-hydrogen) atoms. The van der Waals surface area contributed by atoms with E-state index in [0.717, 1.165) is 20.6 Å². The van der Waals surface area contributed by atoms with Crippen LogP contribution in [0, 0.1) is 3.57 Å². The van der Waals surface area contributed by atoms with Gasteiger partial charge in [0.05, 0.1) is 5.38 Å². The largest absolute Gasteiger partial charge is 0.265 e. The van der Waals surface area contributed by atoms with Gasteiger partial charge in [0, 0.05) is 21.0 Å². The zero-order valence-electron chi connectivity index (χ0n) is 8.91. The maximum Gasteiger partial charge on any atom is 0.0636 e. The second-order valence-electron chi connectivity index (χ2n) is 3.69. The highest BCUT2D eigenvalue weighted by atomic mass is 127. The van der Waals surface area contributed by atoms with Crippen molar-refractivity contribution >= 4 is 45.8 Å². The predicted molar refractivity (Wildman–Crippen MR) is 80.7 cm³/mol. The summed E-state index contributed by atoms with van der Waals surface area (Å²) in [4.78, 5) is 3.99. The van der Waals surface area contributed by atoms with Crippen LogP contribution in [-0.2, 0) is 6.42 Å². The molecule has 0 bridgehead atoms. The lowest BCUT2D eigenvalue weighted by Gasteiger charge is -2.12. The highest BCUT2D eigenvalue weighted by Gasteiger charge is 2.12. The first kappa shape index (κ1) is 13.1. The monoisotopic (exact) mass is 377 g/mol. The third-order valence-electron chi connectivity index (χ3n) is 2.46. The van der Waals surface area contributed by atoms with Crippen LogP contribution in [-0.4, -0.2) is 4.98 Å². The van der Waals surface area contributed by atoms with Gasteiger partial charge in [0.25, 0.3) is 0 Å². The van der Waals surface area contributed by atoms with Gasteiger partial charge in [-0.1, -0.05) is 11.6 Å². The molecule has 2 aromatic rings. The lowest BCUT2D eigenvalue weighted by atomic mass is 10.1. The average molecular weight is 378 g/mol. The van der Waals surface area contributed by atoms with E-state index >= 15 is 0 Å². The van der Waals surface area contributed by atoms with Gasteiger partial charge in [-0.2, -0.15) is 0 Å². The molecule has 0 amide bonds. The summed E-state index contributed by atoms with van der Waals surface area (Å²) >= 11 is 14.7. The Morgan fingerprint density at radius 3 is 2.59 bits per heavy atom. The van der Waals surface area contributed by atoms with Gasteiger partial charge in [-0.3, -0.25) is 4.98 Å². The van der Waals surface area contributed by atoms with Gasteiger partial charge in [-0.15, -0.1) is 11.6 Å². The van der Waals surface area contributed by atoms with Crippen LogP contribution in [0.1, 0.15) is 16.5 Å². The van der Waals surface area contributed by atoms with E-state index in [1.165, 1.54) is 5.56 Å². The predicted octanol–water partition coefficient (Wildman–Crippen LogP) is 4.86. The molecule has 0 spiro atoms. The van der Waals surface area contributed by atoms with Gasteiger partial charge in [-0.05, 0) is 70.5 Å². The Labute approximate surface area is 124 Å². The molecule has 0 aliphatic heterocycles. The lowest BCUT2D eigenvalue weighted by Crippen LogP contribution is -1.98. The average Bonchev–Trinajstić information content (AvgIpc) is 2.33. The van der Waals surface area contributed by atoms with E-state index in [9.17, 15) is 0 Å². The van der Waals surface area contributed by atoms with Crippen molar-refractivity contribution < 1.29 is 0 Å². The lowest BCUT2D eigenvalue weighted by molar-refractivity contribution is 0.910. The number of rotatable bonds is 3. The Morgan fingerprint density at radius 1 is 1.18 bits per heavy atom. The van der Waals surface area contributed by atoms with Gasteiger partial charge in [0.1, 0.15) is 0 Å². The van der Waals surface area contributed by atoms with Crippen LogP contribution in [0.3, 0.4) is 0 Å². The van der Waals surface area contributed by atoms with Gasteiger partial charge in [0.15, 0.2) is 0 Å². The number of nitrogens with zero attached hydrogens (tertiary/aromatic N) is 1. The molecule has 88 valence electrons. The summed E-state index contributed by atoms with van der Waals surface area (Å²) in [5.41, 5.74) is 2.26. The Bertz CT molecular complexity index is 502. The van der Waals surface area contributed by atoms with Crippen molar-refractivity contribution in [2.24, 2.45) is 0 Å². The van der Waals surface area contributed by atoms with Crippen LogP contribution in [0.4, 0.5) is 0 Å². The van der Waals surface area contributed by atoms with Crippen molar-refractivity contribution in [3.8, 4) is 0 Å². The normalized spacial score (nSPS) is 12.4. The standard InChI is InChI=1S/C13H10Cl2IN/c14-10-1-2-13(16)11(8-10)12(15)7-9-3-5-17-6-4-9/h1-6,8,12H,7H2. The number of halogens is 3. The number of pyridine rings is 1. The van der Waals surface area contributed by atoms with Gasteiger partial charge < -0.3 is 0 Å². The fourth-order valence-electron chi connectivity index (χ4n) is 1.59. The molecule has 0 aliphatic rings. The van der Waals surface area contributed by atoms with Crippen LogP contribution in [0.5, 0.6) is 0 Å². The maximum absolute atomic E-state index is 6.43. The first-order valence-electron chi connectivity index (χ1n) is 5.15. The zero-order valence-corrected chi connectivity index (χ0v) is 12.6. The molecular weight excluding hydrogens is 368 g/mol. The summed E-state index contributed by atoms with van der Waals surface area (Å²) in [6, 6.07) is 9.75. The van der Waals surface area contributed by atoms with Crippen molar-refractivity contribution in [1.29, 1.82) is 0 Å². The number of aromatic nitrogens is 1. The minimum Gasteiger partial charge on any atom is -0.265 e. The Balaban J connectivity index is 2.20. The summed E-state index contributed by atoms with van der Waals surface area (Å²) in [6.45, 7) is 0. The summed E-state index contributed by atoms with van der Waals surface area (Å²) in [5, 5.41) is 0.656. The van der Waals surface area contributed by atoms with Gasteiger partial charge in [0.2, 0.25) is 0 Å². The summed E-state index contributed by atoms with van der Waals surface area (Å²) in [6.07, 6.45) is 4.34. The third kappa shape index (κ3) is 3.57. The molecule has 1 aromatic heterocycles. The number of benzene rings is 1. The summed E-state index contributed by atoms with van der Waals surface area (Å²) < 4.78 is 1.14. The van der Waals surface area contributed by atoms with Crippen LogP contribution >= 0.6 is 45.8 Å². The minimum atomic E-state index is -0.0667. The van der Waals surface area contributed by atoms with E-state index in [1.807, 2.05) is 30.3 Å². The molecule has 1 heterocycles. The summed E-state index contributed by atoms with van der Waals surface area (Å²) in [5.74, 6) is 0. The van der Waals surface area contributed by atoms with Crippen molar-refractivity contribution in [3.63, 3.8) is 0 Å². The van der Waals surface area contributed by atoms with E-state index in [-0.39, 0.29) is 5.38 Å². The number of hydrogen-bond donors (Lipinski definition) is 0. The van der Waals surface area contributed by atoms with E-state index in [1.54, 1.807) is 12.4 Å². The van der Waals surface area contributed by atoms with Crippen LogP contribution in [0.2, 0.25) is 5.02 Å². The Kier molecular flexibility index (Phi) is 4.65. The second kappa shape index (κ2) is 6.03. The Morgan fingerprint density at radius 2 is 1.88 bits per heavy atom. The summed E-state index contributed by atoms with van der Waals surface area (Å²) in [7, 11) is 0. The molecule has 1 nitrogen and oxygen atoms in total. The molecule has 4 heteroatoms. The molecular formula is C13H10Cl2IN. The van der Waals surface area contributed by atoms with E-state index in [0.29, 0.717) is 0 Å².